The normalized spacial score (nSPS) is 24.6. The van der Waals surface area contributed by atoms with E-state index in [-0.39, 0.29) is 12.0 Å². The number of esters is 1. The van der Waals surface area contributed by atoms with Crippen molar-refractivity contribution in [3.63, 3.8) is 0 Å². The maximum absolute atomic E-state index is 11.8. The number of carbonyl (C=O) groups excluding carboxylic acids is 2. The fourth-order valence-electron chi connectivity index (χ4n) is 2.37. The Hall–Kier alpha value is -1.30. The highest BCUT2D eigenvalue weighted by atomic mass is 16.6. The molecule has 1 aliphatic carbocycles. The minimum absolute atomic E-state index is 0.0293. The molecule has 0 aromatic rings. The van der Waals surface area contributed by atoms with Crippen LogP contribution >= 0.6 is 0 Å². The molecule has 1 amide bonds. The van der Waals surface area contributed by atoms with Gasteiger partial charge in [0, 0.05) is 0 Å². The van der Waals surface area contributed by atoms with E-state index in [1.54, 1.807) is 20.8 Å². The smallest absolute Gasteiger partial charge is 0.408 e. The van der Waals surface area contributed by atoms with Crippen LogP contribution in [0.25, 0.3) is 0 Å². The van der Waals surface area contributed by atoms with Gasteiger partial charge < -0.3 is 19.9 Å². The Balaban J connectivity index is 2.65. The Morgan fingerprint density at radius 1 is 1.20 bits per heavy atom. The van der Waals surface area contributed by atoms with Crippen LogP contribution in [0.2, 0.25) is 0 Å². The highest BCUT2D eigenvalue weighted by Gasteiger charge is 2.34. The number of aliphatic hydroxyl groups excluding tert-OH is 1. The Morgan fingerprint density at radius 3 is 2.20 bits per heavy atom. The van der Waals surface area contributed by atoms with Crippen molar-refractivity contribution >= 4 is 12.1 Å². The number of rotatable bonds is 3. The van der Waals surface area contributed by atoms with E-state index in [1.165, 1.54) is 7.11 Å². The molecule has 0 aromatic heterocycles. The van der Waals surface area contributed by atoms with Gasteiger partial charge in [0.25, 0.3) is 0 Å². The molecule has 0 heterocycles. The molecule has 116 valence electrons. The summed E-state index contributed by atoms with van der Waals surface area (Å²) in [7, 11) is 1.30. The highest BCUT2D eigenvalue weighted by Crippen LogP contribution is 2.27. The predicted molar refractivity (Wildman–Crippen MR) is 73.1 cm³/mol. The number of amides is 1. The summed E-state index contributed by atoms with van der Waals surface area (Å²) in [6.45, 7) is 5.28. The molecule has 0 saturated heterocycles. The number of methoxy groups -OCH3 is 1. The van der Waals surface area contributed by atoms with Gasteiger partial charge in [-0.1, -0.05) is 0 Å². The lowest BCUT2D eigenvalue weighted by Gasteiger charge is -2.31. The van der Waals surface area contributed by atoms with E-state index >= 15 is 0 Å². The number of ether oxygens (including phenoxy) is 2. The Morgan fingerprint density at radius 2 is 1.75 bits per heavy atom. The van der Waals surface area contributed by atoms with Gasteiger partial charge in [0.15, 0.2) is 0 Å². The molecule has 1 atom stereocenters. The van der Waals surface area contributed by atoms with Gasteiger partial charge in [0.1, 0.15) is 11.6 Å². The molecule has 1 saturated carbocycles. The molecule has 6 nitrogen and oxygen atoms in total. The van der Waals surface area contributed by atoms with Gasteiger partial charge in [0.05, 0.1) is 13.2 Å². The van der Waals surface area contributed by atoms with Crippen LogP contribution in [-0.2, 0) is 14.3 Å². The lowest BCUT2D eigenvalue weighted by Crippen LogP contribution is -2.49. The van der Waals surface area contributed by atoms with E-state index in [9.17, 15) is 14.7 Å². The third-order valence-electron chi connectivity index (χ3n) is 3.34. The van der Waals surface area contributed by atoms with E-state index in [4.69, 9.17) is 9.47 Å². The molecule has 0 unspecified atom stereocenters. The average Bonchev–Trinajstić information content (AvgIpc) is 2.34. The molecular formula is C14H25NO5. The SMILES string of the molecule is COC(=O)[C@@H](NC(=O)OC(C)(C)C)[C@H]1CC[C@H](O)CC1. The first-order chi connectivity index (χ1) is 9.23. The molecule has 0 aliphatic heterocycles. The van der Waals surface area contributed by atoms with Crippen LogP contribution in [0.5, 0.6) is 0 Å². The number of alkyl carbamates (subject to hydrolysis) is 1. The molecule has 0 bridgehead atoms. The second-order valence-electron chi connectivity index (χ2n) is 6.22. The molecule has 1 aliphatic rings. The zero-order chi connectivity index (χ0) is 15.3. The monoisotopic (exact) mass is 287 g/mol. The van der Waals surface area contributed by atoms with E-state index in [1.807, 2.05) is 0 Å². The fourth-order valence-corrected chi connectivity index (χ4v) is 2.37. The summed E-state index contributed by atoms with van der Waals surface area (Å²) in [6, 6.07) is -0.720. The topological polar surface area (TPSA) is 84.9 Å². The van der Waals surface area contributed by atoms with Crippen molar-refractivity contribution < 1.29 is 24.2 Å². The molecule has 0 aromatic carbocycles. The maximum atomic E-state index is 11.8. The van der Waals surface area contributed by atoms with Crippen molar-refractivity contribution in [2.45, 2.75) is 64.2 Å². The van der Waals surface area contributed by atoms with E-state index < -0.39 is 23.7 Å². The number of carbonyl (C=O) groups is 2. The van der Waals surface area contributed by atoms with Gasteiger partial charge >= 0.3 is 12.1 Å². The summed E-state index contributed by atoms with van der Waals surface area (Å²) in [5.74, 6) is -0.504. The zero-order valence-corrected chi connectivity index (χ0v) is 12.6. The van der Waals surface area contributed by atoms with E-state index in [0.29, 0.717) is 25.7 Å². The van der Waals surface area contributed by atoms with Crippen molar-refractivity contribution in [3.05, 3.63) is 0 Å². The third-order valence-corrected chi connectivity index (χ3v) is 3.34. The van der Waals surface area contributed by atoms with E-state index in [2.05, 4.69) is 5.32 Å². The summed E-state index contributed by atoms with van der Waals surface area (Å²) < 4.78 is 9.92. The minimum atomic E-state index is -0.720. The third kappa shape index (κ3) is 5.36. The number of nitrogens with one attached hydrogen (secondary N) is 1. The van der Waals surface area contributed by atoms with Crippen LogP contribution in [0, 0.1) is 5.92 Å². The Kier molecular flexibility index (Phi) is 5.80. The molecule has 1 fully saturated rings. The van der Waals surface area contributed by atoms with Crippen LogP contribution in [0.15, 0.2) is 0 Å². The predicted octanol–water partition coefficient (Wildman–Crippen LogP) is 1.60. The van der Waals surface area contributed by atoms with Crippen LogP contribution in [0.3, 0.4) is 0 Å². The Labute approximate surface area is 119 Å². The average molecular weight is 287 g/mol. The summed E-state index contributed by atoms with van der Waals surface area (Å²) in [4.78, 5) is 23.6. The van der Waals surface area contributed by atoms with Gasteiger partial charge in [-0.15, -0.1) is 0 Å². The molecule has 20 heavy (non-hydrogen) atoms. The van der Waals surface area contributed by atoms with Crippen molar-refractivity contribution in [2.24, 2.45) is 5.92 Å². The summed E-state index contributed by atoms with van der Waals surface area (Å²) >= 11 is 0. The summed E-state index contributed by atoms with van der Waals surface area (Å²) in [5, 5.41) is 12.1. The zero-order valence-electron chi connectivity index (χ0n) is 12.6. The quantitative estimate of drug-likeness (QED) is 0.770. The summed E-state index contributed by atoms with van der Waals surface area (Å²) in [6.07, 6.45) is 1.68. The second-order valence-corrected chi connectivity index (χ2v) is 6.22. The second kappa shape index (κ2) is 6.92. The van der Waals surface area contributed by atoms with Crippen LogP contribution in [0.4, 0.5) is 4.79 Å². The first-order valence-electron chi connectivity index (χ1n) is 6.98. The lowest BCUT2D eigenvalue weighted by atomic mass is 9.82. The molecular weight excluding hydrogens is 262 g/mol. The maximum Gasteiger partial charge on any atom is 0.408 e. The van der Waals surface area contributed by atoms with Crippen LogP contribution in [-0.4, -0.2) is 42.0 Å². The molecule has 0 spiro atoms. The molecule has 2 N–H and O–H groups in total. The van der Waals surface area contributed by atoms with Crippen molar-refractivity contribution in [1.29, 1.82) is 0 Å². The van der Waals surface area contributed by atoms with Gasteiger partial charge in [0.2, 0.25) is 0 Å². The number of aliphatic hydroxyl groups is 1. The van der Waals surface area contributed by atoms with E-state index in [0.717, 1.165) is 0 Å². The van der Waals surface area contributed by atoms with Gasteiger partial charge in [-0.05, 0) is 52.4 Å². The van der Waals surface area contributed by atoms with Crippen molar-refractivity contribution in [3.8, 4) is 0 Å². The number of hydrogen-bond donors (Lipinski definition) is 2. The van der Waals surface area contributed by atoms with Gasteiger partial charge in [-0.25, -0.2) is 9.59 Å². The first-order valence-corrected chi connectivity index (χ1v) is 6.98. The lowest BCUT2D eigenvalue weighted by molar-refractivity contribution is -0.145. The fraction of sp³-hybridized carbons (Fsp3) is 0.857. The standard InChI is InChI=1S/C14H25NO5/c1-14(2,3)20-13(18)15-11(12(17)19-4)9-5-7-10(16)8-6-9/h9-11,16H,5-8H2,1-4H3,(H,15,18)/t9-,10-,11-/m0/s1. The van der Waals surface area contributed by atoms with Gasteiger partial charge in [-0.2, -0.15) is 0 Å². The first kappa shape index (κ1) is 16.8. The summed E-state index contributed by atoms with van der Waals surface area (Å²) in [5.41, 5.74) is -0.618. The molecule has 1 rings (SSSR count). The van der Waals surface area contributed by atoms with Gasteiger partial charge in [-0.3, -0.25) is 0 Å². The number of hydrogen-bond acceptors (Lipinski definition) is 5. The van der Waals surface area contributed by atoms with Crippen molar-refractivity contribution in [1.82, 2.24) is 5.32 Å². The van der Waals surface area contributed by atoms with Crippen LogP contribution in [0.1, 0.15) is 46.5 Å². The highest BCUT2D eigenvalue weighted by molar-refractivity contribution is 5.81. The Bertz CT molecular complexity index is 342. The molecule has 6 heteroatoms. The molecule has 0 radical (unpaired) electrons. The minimum Gasteiger partial charge on any atom is -0.467 e. The van der Waals surface area contributed by atoms with Crippen LogP contribution < -0.4 is 5.32 Å². The largest absolute Gasteiger partial charge is 0.467 e. The van der Waals surface area contributed by atoms with Crippen molar-refractivity contribution in [2.75, 3.05) is 7.11 Å².